The van der Waals surface area contributed by atoms with E-state index in [-0.39, 0.29) is 6.04 Å². The largest absolute Gasteiger partial charge is 0.310 e. The van der Waals surface area contributed by atoms with Crippen LogP contribution in [0.4, 0.5) is 0 Å². The van der Waals surface area contributed by atoms with Crippen LogP contribution in [0.15, 0.2) is 29.0 Å². The Morgan fingerprint density at radius 3 is 2.79 bits per heavy atom. The Morgan fingerprint density at radius 1 is 1.42 bits per heavy atom. The summed E-state index contributed by atoms with van der Waals surface area (Å²) >= 11 is 3.51. The topological polar surface area (TPSA) is 42.7 Å². The van der Waals surface area contributed by atoms with Crippen LogP contribution in [0.3, 0.4) is 0 Å². The maximum atomic E-state index is 4.31. The van der Waals surface area contributed by atoms with Gasteiger partial charge in [-0.1, -0.05) is 28.9 Å². The van der Waals surface area contributed by atoms with Crippen molar-refractivity contribution in [2.75, 3.05) is 6.54 Å². The predicted molar refractivity (Wildman–Crippen MR) is 80.0 cm³/mol. The van der Waals surface area contributed by atoms with Gasteiger partial charge in [0, 0.05) is 24.0 Å². The lowest BCUT2D eigenvalue weighted by atomic mass is 9.98. The van der Waals surface area contributed by atoms with Crippen LogP contribution in [0.25, 0.3) is 0 Å². The highest BCUT2D eigenvalue weighted by Gasteiger charge is 2.16. The van der Waals surface area contributed by atoms with E-state index in [0.29, 0.717) is 0 Å². The molecule has 0 radical (unpaired) electrons. The summed E-state index contributed by atoms with van der Waals surface area (Å²) in [5.74, 6) is 0.994. The minimum atomic E-state index is 0.265. The molecule has 0 saturated carbocycles. The predicted octanol–water partition coefficient (Wildman–Crippen LogP) is 2.78. The van der Waals surface area contributed by atoms with Crippen LogP contribution in [0, 0.1) is 6.92 Å². The second-order valence-electron chi connectivity index (χ2n) is 4.62. The average molecular weight is 323 g/mol. The summed E-state index contributed by atoms with van der Waals surface area (Å²) in [6.07, 6.45) is 2.44. The van der Waals surface area contributed by atoms with Gasteiger partial charge in [-0.25, -0.2) is 4.98 Å². The van der Waals surface area contributed by atoms with E-state index in [9.17, 15) is 0 Å². The van der Waals surface area contributed by atoms with Gasteiger partial charge in [-0.15, -0.1) is 0 Å². The van der Waals surface area contributed by atoms with Gasteiger partial charge in [0.1, 0.15) is 12.2 Å². The second kappa shape index (κ2) is 6.30. The fourth-order valence-corrected chi connectivity index (χ4v) is 2.73. The van der Waals surface area contributed by atoms with Crippen LogP contribution in [0.2, 0.25) is 0 Å². The van der Waals surface area contributed by atoms with Crippen molar-refractivity contribution in [1.29, 1.82) is 0 Å². The Morgan fingerprint density at radius 2 is 2.21 bits per heavy atom. The lowest BCUT2D eigenvalue weighted by Crippen LogP contribution is -2.25. The van der Waals surface area contributed by atoms with Crippen LogP contribution < -0.4 is 5.32 Å². The van der Waals surface area contributed by atoms with Crippen molar-refractivity contribution in [2.45, 2.75) is 26.3 Å². The standard InChI is InChI=1S/C14H19BrN4/c1-4-16-13(8-14-17-9-18-19(14)3)12-6-5-11(15)7-10(12)2/h5-7,9,13,16H,4,8H2,1-3H3. The molecular formula is C14H19BrN4. The van der Waals surface area contributed by atoms with Crippen molar-refractivity contribution in [3.8, 4) is 0 Å². The molecule has 1 N–H and O–H groups in total. The number of aromatic nitrogens is 3. The first-order valence-electron chi connectivity index (χ1n) is 6.44. The van der Waals surface area contributed by atoms with E-state index in [1.165, 1.54) is 11.1 Å². The first-order valence-corrected chi connectivity index (χ1v) is 7.23. The number of likely N-dealkylation sites (N-methyl/N-ethyl adjacent to an activating group) is 1. The van der Waals surface area contributed by atoms with E-state index < -0.39 is 0 Å². The molecule has 1 atom stereocenters. The maximum absolute atomic E-state index is 4.31. The zero-order valence-corrected chi connectivity index (χ0v) is 13.1. The summed E-state index contributed by atoms with van der Waals surface area (Å²) in [5, 5.41) is 7.66. The van der Waals surface area contributed by atoms with Crippen molar-refractivity contribution in [2.24, 2.45) is 7.05 Å². The molecule has 1 unspecified atom stereocenters. The van der Waals surface area contributed by atoms with Crippen LogP contribution in [-0.4, -0.2) is 21.3 Å². The normalized spacial score (nSPS) is 12.6. The van der Waals surface area contributed by atoms with Crippen LogP contribution in [0.1, 0.15) is 29.9 Å². The van der Waals surface area contributed by atoms with Gasteiger partial charge in [0.2, 0.25) is 0 Å². The van der Waals surface area contributed by atoms with Gasteiger partial charge >= 0.3 is 0 Å². The molecule has 1 heterocycles. The molecule has 4 nitrogen and oxygen atoms in total. The third-order valence-electron chi connectivity index (χ3n) is 3.25. The van der Waals surface area contributed by atoms with Crippen LogP contribution in [-0.2, 0) is 13.5 Å². The molecular weight excluding hydrogens is 304 g/mol. The van der Waals surface area contributed by atoms with Gasteiger partial charge in [0.15, 0.2) is 0 Å². The minimum Gasteiger partial charge on any atom is -0.310 e. The van der Waals surface area contributed by atoms with Crippen molar-refractivity contribution >= 4 is 15.9 Å². The molecule has 19 heavy (non-hydrogen) atoms. The Kier molecular flexibility index (Phi) is 4.71. The summed E-state index contributed by atoms with van der Waals surface area (Å²) in [6.45, 7) is 5.19. The Labute approximate surface area is 122 Å². The fraction of sp³-hybridized carbons (Fsp3) is 0.429. The fourth-order valence-electron chi connectivity index (χ4n) is 2.26. The quantitative estimate of drug-likeness (QED) is 0.920. The number of nitrogens with zero attached hydrogens (tertiary/aromatic N) is 3. The van der Waals surface area contributed by atoms with Crippen LogP contribution >= 0.6 is 15.9 Å². The Balaban J connectivity index is 2.27. The number of aryl methyl sites for hydroxylation is 2. The molecule has 102 valence electrons. The molecule has 0 bridgehead atoms. The van der Waals surface area contributed by atoms with E-state index in [1.54, 1.807) is 6.33 Å². The molecule has 1 aromatic carbocycles. The molecule has 0 aliphatic rings. The first-order chi connectivity index (χ1) is 9.11. The van der Waals surface area contributed by atoms with Gasteiger partial charge in [0.05, 0.1) is 0 Å². The summed E-state index contributed by atoms with van der Waals surface area (Å²) in [5.41, 5.74) is 2.59. The van der Waals surface area contributed by atoms with E-state index >= 15 is 0 Å². The number of benzene rings is 1. The maximum Gasteiger partial charge on any atom is 0.138 e. The summed E-state index contributed by atoms with van der Waals surface area (Å²) in [7, 11) is 1.93. The van der Waals surface area contributed by atoms with E-state index in [2.05, 4.69) is 63.4 Å². The van der Waals surface area contributed by atoms with Crippen molar-refractivity contribution in [3.05, 3.63) is 46.0 Å². The first kappa shape index (κ1) is 14.2. The Bertz CT molecular complexity index is 550. The van der Waals surface area contributed by atoms with E-state index in [1.807, 2.05) is 11.7 Å². The van der Waals surface area contributed by atoms with Gasteiger partial charge in [-0.3, -0.25) is 4.68 Å². The zero-order chi connectivity index (χ0) is 13.8. The zero-order valence-electron chi connectivity index (χ0n) is 11.5. The van der Waals surface area contributed by atoms with Crippen LogP contribution in [0.5, 0.6) is 0 Å². The van der Waals surface area contributed by atoms with Gasteiger partial charge < -0.3 is 5.32 Å². The molecule has 0 spiro atoms. The highest BCUT2D eigenvalue weighted by Crippen LogP contribution is 2.24. The molecule has 0 saturated heterocycles. The summed E-state index contributed by atoms with van der Waals surface area (Å²) in [6, 6.07) is 6.67. The van der Waals surface area contributed by atoms with Crippen molar-refractivity contribution in [1.82, 2.24) is 20.1 Å². The molecule has 0 amide bonds. The molecule has 1 aromatic heterocycles. The second-order valence-corrected chi connectivity index (χ2v) is 5.53. The van der Waals surface area contributed by atoms with Gasteiger partial charge in [-0.2, -0.15) is 5.10 Å². The molecule has 0 fully saturated rings. The molecule has 0 aliphatic heterocycles. The third-order valence-corrected chi connectivity index (χ3v) is 3.74. The molecule has 2 rings (SSSR count). The lowest BCUT2D eigenvalue weighted by molar-refractivity contribution is 0.520. The number of hydrogen-bond donors (Lipinski definition) is 1. The number of hydrogen-bond acceptors (Lipinski definition) is 3. The monoisotopic (exact) mass is 322 g/mol. The SMILES string of the molecule is CCNC(Cc1ncnn1C)c1ccc(Br)cc1C. The summed E-state index contributed by atoms with van der Waals surface area (Å²) < 4.78 is 2.95. The van der Waals surface area contributed by atoms with Gasteiger partial charge in [0.25, 0.3) is 0 Å². The molecule has 0 aliphatic carbocycles. The van der Waals surface area contributed by atoms with E-state index in [4.69, 9.17) is 0 Å². The lowest BCUT2D eigenvalue weighted by Gasteiger charge is -2.20. The Hall–Kier alpha value is -1.20. The minimum absolute atomic E-state index is 0.265. The van der Waals surface area contributed by atoms with E-state index in [0.717, 1.165) is 23.3 Å². The average Bonchev–Trinajstić information content (AvgIpc) is 2.75. The highest BCUT2D eigenvalue weighted by atomic mass is 79.9. The van der Waals surface area contributed by atoms with Crippen molar-refractivity contribution in [3.63, 3.8) is 0 Å². The number of halogens is 1. The number of rotatable bonds is 5. The smallest absolute Gasteiger partial charge is 0.138 e. The summed E-state index contributed by atoms with van der Waals surface area (Å²) in [4.78, 5) is 4.31. The molecule has 2 aromatic rings. The van der Waals surface area contributed by atoms with Gasteiger partial charge in [-0.05, 0) is 36.7 Å². The van der Waals surface area contributed by atoms with Crippen molar-refractivity contribution < 1.29 is 0 Å². The molecule has 5 heteroatoms. The third kappa shape index (κ3) is 3.42. The highest BCUT2D eigenvalue weighted by molar-refractivity contribution is 9.10. The number of nitrogens with one attached hydrogen (secondary N) is 1.